The molecule has 2 aromatic carbocycles. The second kappa shape index (κ2) is 8.39. The standard InChI is InChI=1S/C21H20FNO3S/c1-3-14(2)26-18-11-7-5-8-15(18)12-19-20(24)23(21(25)27-19)13-16-9-4-6-10-17(16)22/h4-12,14H,3,13H2,1-2H3/b19-12-. The zero-order chi connectivity index (χ0) is 19.4. The fourth-order valence-electron chi connectivity index (χ4n) is 2.58. The summed E-state index contributed by atoms with van der Waals surface area (Å²) in [6, 6.07) is 13.5. The fourth-order valence-corrected chi connectivity index (χ4v) is 3.41. The highest BCUT2D eigenvalue weighted by molar-refractivity contribution is 8.18. The van der Waals surface area contributed by atoms with Crippen molar-refractivity contribution >= 4 is 29.0 Å². The van der Waals surface area contributed by atoms with Crippen molar-refractivity contribution in [1.29, 1.82) is 0 Å². The molecule has 2 amide bonds. The first kappa shape index (κ1) is 19.2. The quantitative estimate of drug-likeness (QED) is 0.638. The molecular formula is C21H20FNO3S. The van der Waals surface area contributed by atoms with Crippen LogP contribution in [0.5, 0.6) is 5.75 Å². The van der Waals surface area contributed by atoms with Crippen LogP contribution < -0.4 is 4.74 Å². The van der Waals surface area contributed by atoms with Gasteiger partial charge in [0.05, 0.1) is 17.6 Å². The van der Waals surface area contributed by atoms with Gasteiger partial charge in [0.25, 0.3) is 11.1 Å². The van der Waals surface area contributed by atoms with E-state index in [1.54, 1.807) is 24.3 Å². The maximum Gasteiger partial charge on any atom is 0.293 e. The summed E-state index contributed by atoms with van der Waals surface area (Å²) in [7, 11) is 0. The zero-order valence-corrected chi connectivity index (χ0v) is 16.0. The number of nitrogens with zero attached hydrogens (tertiary/aromatic N) is 1. The molecular weight excluding hydrogens is 365 g/mol. The molecule has 0 aliphatic carbocycles. The van der Waals surface area contributed by atoms with Gasteiger partial charge in [0.2, 0.25) is 0 Å². The summed E-state index contributed by atoms with van der Waals surface area (Å²) in [6.45, 7) is 3.92. The van der Waals surface area contributed by atoms with Crippen molar-refractivity contribution in [2.75, 3.05) is 0 Å². The van der Waals surface area contributed by atoms with Crippen molar-refractivity contribution in [2.24, 2.45) is 0 Å². The Morgan fingerprint density at radius 1 is 1.15 bits per heavy atom. The molecule has 0 saturated carbocycles. The van der Waals surface area contributed by atoms with Gasteiger partial charge in [-0.3, -0.25) is 14.5 Å². The van der Waals surface area contributed by atoms with E-state index >= 15 is 0 Å². The number of amides is 2. The SMILES string of the molecule is CCC(C)Oc1ccccc1/C=C1\SC(=O)N(Cc2ccccc2F)C1=O. The van der Waals surface area contributed by atoms with Crippen LogP contribution in [0.25, 0.3) is 6.08 Å². The van der Waals surface area contributed by atoms with Gasteiger partial charge in [-0.1, -0.05) is 43.3 Å². The van der Waals surface area contributed by atoms with E-state index in [1.807, 2.05) is 38.1 Å². The molecule has 1 atom stereocenters. The number of imide groups is 1. The molecule has 6 heteroatoms. The van der Waals surface area contributed by atoms with Gasteiger partial charge in [-0.2, -0.15) is 0 Å². The summed E-state index contributed by atoms with van der Waals surface area (Å²) in [5.41, 5.74) is 1.04. The maximum absolute atomic E-state index is 13.9. The Morgan fingerprint density at radius 3 is 2.59 bits per heavy atom. The molecule has 4 nitrogen and oxygen atoms in total. The minimum Gasteiger partial charge on any atom is -0.490 e. The second-order valence-electron chi connectivity index (χ2n) is 6.23. The number of carbonyl (C=O) groups is 2. The molecule has 1 heterocycles. The summed E-state index contributed by atoms with van der Waals surface area (Å²) in [6.07, 6.45) is 2.55. The van der Waals surface area contributed by atoms with E-state index in [1.165, 1.54) is 6.07 Å². The lowest BCUT2D eigenvalue weighted by Crippen LogP contribution is -2.27. The molecule has 0 radical (unpaired) electrons. The van der Waals surface area contributed by atoms with E-state index in [0.29, 0.717) is 16.2 Å². The highest BCUT2D eigenvalue weighted by atomic mass is 32.2. The summed E-state index contributed by atoms with van der Waals surface area (Å²) in [5.74, 6) is -0.202. The Labute approximate surface area is 162 Å². The Bertz CT molecular complexity index is 897. The van der Waals surface area contributed by atoms with Crippen molar-refractivity contribution in [3.8, 4) is 5.75 Å². The Hall–Kier alpha value is -2.60. The van der Waals surface area contributed by atoms with Crippen LogP contribution in [0.4, 0.5) is 9.18 Å². The highest BCUT2D eigenvalue weighted by Crippen LogP contribution is 2.35. The Morgan fingerprint density at radius 2 is 1.85 bits per heavy atom. The largest absolute Gasteiger partial charge is 0.490 e. The summed E-state index contributed by atoms with van der Waals surface area (Å²) in [4.78, 5) is 26.3. The summed E-state index contributed by atoms with van der Waals surface area (Å²) < 4.78 is 19.8. The van der Waals surface area contributed by atoms with E-state index in [0.717, 1.165) is 28.6 Å². The molecule has 0 N–H and O–H groups in total. The molecule has 0 spiro atoms. The van der Waals surface area contributed by atoms with Crippen LogP contribution in [0.1, 0.15) is 31.4 Å². The van der Waals surface area contributed by atoms with Crippen molar-refractivity contribution in [2.45, 2.75) is 32.9 Å². The summed E-state index contributed by atoms with van der Waals surface area (Å²) >= 11 is 0.856. The lowest BCUT2D eigenvalue weighted by Gasteiger charge is -2.15. The number of carbonyl (C=O) groups excluding carboxylic acids is 2. The van der Waals surface area contributed by atoms with E-state index < -0.39 is 17.0 Å². The number of benzene rings is 2. The number of ether oxygens (including phenoxy) is 1. The predicted molar refractivity (Wildman–Crippen MR) is 105 cm³/mol. The third-order valence-electron chi connectivity index (χ3n) is 4.27. The van der Waals surface area contributed by atoms with Crippen LogP contribution in [0.2, 0.25) is 0 Å². The number of para-hydroxylation sites is 1. The molecule has 0 aromatic heterocycles. The lowest BCUT2D eigenvalue weighted by molar-refractivity contribution is -0.123. The molecule has 2 aromatic rings. The molecule has 27 heavy (non-hydrogen) atoms. The molecule has 140 valence electrons. The monoisotopic (exact) mass is 385 g/mol. The number of rotatable bonds is 6. The topological polar surface area (TPSA) is 46.6 Å². The van der Waals surface area contributed by atoms with Crippen LogP contribution in [0.3, 0.4) is 0 Å². The second-order valence-corrected chi connectivity index (χ2v) is 7.23. The highest BCUT2D eigenvalue weighted by Gasteiger charge is 2.35. The van der Waals surface area contributed by atoms with E-state index in [2.05, 4.69) is 0 Å². The molecule has 3 rings (SSSR count). The van der Waals surface area contributed by atoms with Crippen LogP contribution in [0, 0.1) is 5.82 Å². The molecule has 1 aliphatic heterocycles. The van der Waals surface area contributed by atoms with Crippen molar-refractivity contribution in [1.82, 2.24) is 4.90 Å². The van der Waals surface area contributed by atoms with Crippen LogP contribution in [0.15, 0.2) is 53.4 Å². The molecule has 1 aliphatic rings. The van der Waals surface area contributed by atoms with E-state index in [9.17, 15) is 14.0 Å². The average Bonchev–Trinajstić information content (AvgIpc) is 2.92. The first-order valence-electron chi connectivity index (χ1n) is 8.74. The Kier molecular flexibility index (Phi) is 5.96. The van der Waals surface area contributed by atoms with Crippen molar-refractivity contribution in [3.63, 3.8) is 0 Å². The van der Waals surface area contributed by atoms with Gasteiger partial charge in [0, 0.05) is 11.1 Å². The van der Waals surface area contributed by atoms with Gasteiger partial charge in [-0.05, 0) is 43.3 Å². The van der Waals surface area contributed by atoms with Crippen molar-refractivity contribution < 1.29 is 18.7 Å². The first-order chi connectivity index (χ1) is 13.0. The normalized spacial score (nSPS) is 16.9. The number of halogens is 1. The Balaban J connectivity index is 1.84. The third kappa shape index (κ3) is 4.39. The predicted octanol–water partition coefficient (Wildman–Crippen LogP) is 5.24. The minimum atomic E-state index is -0.437. The average molecular weight is 385 g/mol. The molecule has 1 saturated heterocycles. The van der Waals surface area contributed by atoms with Gasteiger partial charge >= 0.3 is 0 Å². The smallest absolute Gasteiger partial charge is 0.293 e. The van der Waals surface area contributed by atoms with Gasteiger partial charge in [0.15, 0.2) is 0 Å². The van der Waals surface area contributed by atoms with E-state index in [4.69, 9.17) is 4.74 Å². The maximum atomic E-state index is 13.9. The van der Waals surface area contributed by atoms with Crippen LogP contribution in [-0.4, -0.2) is 22.2 Å². The van der Waals surface area contributed by atoms with Gasteiger partial charge in [-0.15, -0.1) is 0 Å². The number of hydrogen-bond acceptors (Lipinski definition) is 4. The zero-order valence-electron chi connectivity index (χ0n) is 15.1. The van der Waals surface area contributed by atoms with E-state index in [-0.39, 0.29) is 12.6 Å². The van der Waals surface area contributed by atoms with Crippen molar-refractivity contribution in [3.05, 3.63) is 70.4 Å². The number of thioether (sulfide) groups is 1. The van der Waals surface area contributed by atoms with Gasteiger partial charge in [-0.25, -0.2) is 4.39 Å². The van der Waals surface area contributed by atoms with Crippen LogP contribution >= 0.6 is 11.8 Å². The van der Waals surface area contributed by atoms with Crippen LogP contribution in [-0.2, 0) is 11.3 Å². The minimum absolute atomic E-state index is 0.0377. The lowest BCUT2D eigenvalue weighted by atomic mass is 10.1. The fraction of sp³-hybridized carbons (Fsp3) is 0.238. The summed E-state index contributed by atoms with van der Waals surface area (Å²) in [5, 5.41) is -0.408. The number of hydrogen-bond donors (Lipinski definition) is 0. The first-order valence-corrected chi connectivity index (χ1v) is 9.55. The molecule has 1 fully saturated rings. The van der Waals surface area contributed by atoms with Gasteiger partial charge in [0.1, 0.15) is 11.6 Å². The molecule has 0 bridgehead atoms. The molecule has 1 unspecified atom stereocenters. The van der Waals surface area contributed by atoms with Gasteiger partial charge < -0.3 is 4.74 Å². The third-order valence-corrected chi connectivity index (χ3v) is 5.18.